The molecule has 126 valence electrons. The van der Waals surface area contributed by atoms with Crippen LogP contribution >= 0.6 is 0 Å². The molecule has 24 heavy (non-hydrogen) atoms. The molecule has 2 rings (SSSR count). The second-order valence-corrected chi connectivity index (χ2v) is 4.65. The summed E-state index contributed by atoms with van der Waals surface area (Å²) in [7, 11) is 4.42. The first-order valence-electron chi connectivity index (χ1n) is 7.01. The molecular weight excluding hydrogens is 314 g/mol. The molecule has 7 heteroatoms. The highest BCUT2D eigenvalue weighted by molar-refractivity contribution is 6.01. The number of ketones is 1. The summed E-state index contributed by atoms with van der Waals surface area (Å²) < 4.78 is 20.2. The van der Waals surface area contributed by atoms with Gasteiger partial charge in [-0.1, -0.05) is 0 Å². The van der Waals surface area contributed by atoms with Gasteiger partial charge in [-0.05, 0) is 24.3 Å². The molecule has 0 aliphatic carbocycles. The first-order chi connectivity index (χ1) is 11.6. The molecule has 0 saturated heterocycles. The fourth-order valence-corrected chi connectivity index (χ4v) is 1.95. The zero-order valence-corrected chi connectivity index (χ0v) is 13.6. The summed E-state index contributed by atoms with van der Waals surface area (Å²) in [6, 6.07) is 7.85. The highest BCUT2D eigenvalue weighted by Crippen LogP contribution is 2.24. The number of Topliss-reactive ketones (excluding diaryl/α,β-unsaturated/α-hetero) is 1. The summed E-state index contributed by atoms with van der Waals surface area (Å²) in [5.41, 5.74) is 0.499. The van der Waals surface area contributed by atoms with E-state index in [-0.39, 0.29) is 11.1 Å². The van der Waals surface area contributed by atoms with Gasteiger partial charge in [0.05, 0.1) is 32.5 Å². The second kappa shape index (κ2) is 7.96. The maximum atomic E-state index is 12.3. The molecule has 1 heterocycles. The quantitative estimate of drug-likeness (QED) is 0.568. The minimum Gasteiger partial charge on any atom is -0.497 e. The Morgan fingerprint density at radius 3 is 2.38 bits per heavy atom. The summed E-state index contributed by atoms with van der Waals surface area (Å²) >= 11 is 0. The van der Waals surface area contributed by atoms with Crippen molar-refractivity contribution in [1.82, 2.24) is 4.98 Å². The van der Waals surface area contributed by atoms with E-state index in [2.05, 4.69) is 4.98 Å². The van der Waals surface area contributed by atoms with Crippen molar-refractivity contribution < 1.29 is 28.5 Å². The van der Waals surface area contributed by atoms with Crippen molar-refractivity contribution in [1.29, 1.82) is 0 Å². The molecule has 0 amide bonds. The van der Waals surface area contributed by atoms with Gasteiger partial charge in [-0.25, -0.2) is 9.78 Å². The maximum absolute atomic E-state index is 12.3. The lowest BCUT2D eigenvalue weighted by molar-refractivity contribution is 0.0473. The number of esters is 1. The summed E-state index contributed by atoms with van der Waals surface area (Å²) in [5.74, 6) is 0.206. The monoisotopic (exact) mass is 331 g/mol. The highest BCUT2D eigenvalue weighted by Gasteiger charge is 2.17. The second-order valence-electron chi connectivity index (χ2n) is 4.65. The van der Waals surface area contributed by atoms with Crippen LogP contribution in [-0.2, 0) is 4.74 Å². The Labute approximate surface area is 139 Å². The van der Waals surface area contributed by atoms with E-state index in [1.807, 2.05) is 0 Å². The predicted molar refractivity (Wildman–Crippen MR) is 84.9 cm³/mol. The molecule has 0 aliphatic rings. The van der Waals surface area contributed by atoms with Gasteiger partial charge >= 0.3 is 5.97 Å². The third kappa shape index (κ3) is 4.01. The number of hydrogen-bond donors (Lipinski definition) is 0. The van der Waals surface area contributed by atoms with Crippen LogP contribution in [0.2, 0.25) is 0 Å². The van der Waals surface area contributed by atoms with E-state index in [1.54, 1.807) is 12.1 Å². The van der Waals surface area contributed by atoms with E-state index in [9.17, 15) is 9.59 Å². The maximum Gasteiger partial charge on any atom is 0.340 e. The van der Waals surface area contributed by atoms with E-state index in [4.69, 9.17) is 18.9 Å². The Balaban J connectivity index is 2.05. The van der Waals surface area contributed by atoms with Gasteiger partial charge in [0, 0.05) is 12.3 Å². The van der Waals surface area contributed by atoms with Crippen molar-refractivity contribution in [3.05, 3.63) is 47.7 Å². The van der Waals surface area contributed by atoms with Gasteiger partial charge in [-0.15, -0.1) is 0 Å². The molecule has 0 saturated carbocycles. The number of carbonyl (C=O) groups is 2. The van der Waals surface area contributed by atoms with Crippen LogP contribution in [0, 0.1) is 0 Å². The van der Waals surface area contributed by atoms with E-state index in [0.717, 1.165) is 0 Å². The first kappa shape index (κ1) is 17.3. The number of nitrogens with zero attached hydrogens (tertiary/aromatic N) is 1. The van der Waals surface area contributed by atoms with Crippen molar-refractivity contribution in [2.75, 3.05) is 27.9 Å². The van der Waals surface area contributed by atoms with Crippen molar-refractivity contribution in [3.8, 4) is 17.4 Å². The van der Waals surface area contributed by atoms with Crippen LogP contribution < -0.4 is 14.2 Å². The largest absolute Gasteiger partial charge is 0.497 e. The molecule has 0 spiro atoms. The molecule has 1 aromatic carbocycles. The number of rotatable bonds is 7. The lowest BCUT2D eigenvalue weighted by atomic mass is 10.1. The highest BCUT2D eigenvalue weighted by atomic mass is 16.5. The molecule has 7 nitrogen and oxygen atoms in total. The van der Waals surface area contributed by atoms with Crippen LogP contribution in [0.1, 0.15) is 20.7 Å². The van der Waals surface area contributed by atoms with Crippen molar-refractivity contribution in [2.24, 2.45) is 0 Å². The Hall–Kier alpha value is -3.09. The van der Waals surface area contributed by atoms with Gasteiger partial charge < -0.3 is 18.9 Å². The van der Waals surface area contributed by atoms with Gasteiger partial charge in [-0.2, -0.15) is 0 Å². The van der Waals surface area contributed by atoms with E-state index < -0.39 is 18.4 Å². The van der Waals surface area contributed by atoms with Crippen LogP contribution in [0.4, 0.5) is 0 Å². The number of ether oxygens (including phenoxy) is 4. The molecule has 1 aromatic heterocycles. The number of benzene rings is 1. The summed E-state index contributed by atoms with van der Waals surface area (Å²) in [5, 5.41) is 0. The zero-order valence-electron chi connectivity index (χ0n) is 13.6. The Morgan fingerprint density at radius 1 is 1.00 bits per heavy atom. The minimum absolute atomic E-state index is 0.223. The topological polar surface area (TPSA) is 84.0 Å². The Bertz CT molecular complexity index is 726. The molecule has 2 aromatic rings. The molecule has 0 radical (unpaired) electrons. The molecular formula is C17H17NO6. The van der Waals surface area contributed by atoms with Crippen molar-refractivity contribution in [2.45, 2.75) is 0 Å². The standard InChI is InChI=1S/C17H17NO6/c1-21-12-5-6-15(22-2)13(8-12)14(19)10-24-17(20)11-4-7-16(23-3)18-9-11/h4-9H,10H2,1-3H3. The van der Waals surface area contributed by atoms with Gasteiger partial charge in [-0.3, -0.25) is 4.79 Å². The van der Waals surface area contributed by atoms with Crippen LogP contribution in [-0.4, -0.2) is 44.7 Å². The van der Waals surface area contributed by atoms with Gasteiger partial charge in [0.2, 0.25) is 11.7 Å². The smallest absolute Gasteiger partial charge is 0.340 e. The van der Waals surface area contributed by atoms with Crippen molar-refractivity contribution >= 4 is 11.8 Å². The SMILES string of the molecule is COc1ccc(OC)c(C(=O)COC(=O)c2ccc(OC)nc2)c1. The summed E-state index contributed by atoms with van der Waals surface area (Å²) in [6.07, 6.45) is 1.32. The fraction of sp³-hybridized carbons (Fsp3) is 0.235. The van der Waals surface area contributed by atoms with Crippen LogP contribution in [0.5, 0.6) is 17.4 Å². The van der Waals surface area contributed by atoms with Gasteiger partial charge in [0.25, 0.3) is 0 Å². The Morgan fingerprint density at radius 2 is 1.79 bits per heavy atom. The summed E-state index contributed by atoms with van der Waals surface area (Å²) in [6.45, 7) is -0.422. The molecule has 0 fully saturated rings. The number of carbonyl (C=O) groups excluding carboxylic acids is 2. The average molecular weight is 331 g/mol. The van der Waals surface area contributed by atoms with E-state index in [1.165, 1.54) is 45.7 Å². The van der Waals surface area contributed by atoms with Crippen molar-refractivity contribution in [3.63, 3.8) is 0 Å². The number of hydrogen-bond acceptors (Lipinski definition) is 7. The fourth-order valence-electron chi connectivity index (χ4n) is 1.95. The molecule has 0 bridgehead atoms. The Kier molecular flexibility index (Phi) is 5.73. The number of methoxy groups -OCH3 is 3. The lowest BCUT2D eigenvalue weighted by Gasteiger charge is -2.10. The van der Waals surface area contributed by atoms with E-state index >= 15 is 0 Å². The van der Waals surface area contributed by atoms with Gasteiger partial charge in [0.15, 0.2) is 6.61 Å². The van der Waals surface area contributed by atoms with Gasteiger partial charge in [0.1, 0.15) is 11.5 Å². The molecule has 0 unspecified atom stereocenters. The molecule has 0 atom stereocenters. The van der Waals surface area contributed by atoms with Crippen LogP contribution in [0.25, 0.3) is 0 Å². The third-order valence-corrected chi connectivity index (χ3v) is 3.22. The van der Waals surface area contributed by atoms with E-state index in [0.29, 0.717) is 17.4 Å². The third-order valence-electron chi connectivity index (χ3n) is 3.22. The minimum atomic E-state index is -0.652. The normalized spacial score (nSPS) is 9.96. The number of aromatic nitrogens is 1. The zero-order chi connectivity index (χ0) is 17.5. The van der Waals surface area contributed by atoms with Crippen LogP contribution in [0.15, 0.2) is 36.5 Å². The molecule has 0 aliphatic heterocycles. The predicted octanol–water partition coefficient (Wildman–Crippen LogP) is 2.15. The molecule has 0 N–H and O–H groups in total. The average Bonchev–Trinajstić information content (AvgIpc) is 2.65. The number of pyridine rings is 1. The first-order valence-corrected chi connectivity index (χ1v) is 7.01. The summed E-state index contributed by atoms with van der Waals surface area (Å²) in [4.78, 5) is 28.1. The van der Waals surface area contributed by atoms with Crippen LogP contribution in [0.3, 0.4) is 0 Å². The lowest BCUT2D eigenvalue weighted by Crippen LogP contribution is -2.15.